The number of amides is 1. The molecule has 150 valence electrons. The highest BCUT2D eigenvalue weighted by molar-refractivity contribution is 5.91. The third-order valence-electron chi connectivity index (χ3n) is 6.01. The molecule has 0 unspecified atom stereocenters. The molecule has 7 nitrogen and oxygen atoms in total. The van der Waals surface area contributed by atoms with E-state index in [0.717, 1.165) is 37.2 Å². The van der Waals surface area contributed by atoms with Crippen molar-refractivity contribution in [2.45, 2.75) is 44.8 Å². The molecule has 1 fully saturated rings. The zero-order chi connectivity index (χ0) is 19.7. The number of rotatable bonds is 4. The fourth-order valence-corrected chi connectivity index (χ4v) is 4.32. The normalized spacial score (nSPS) is 24.8. The van der Waals surface area contributed by atoms with Crippen LogP contribution in [0.5, 0.6) is 0 Å². The number of carbonyl (C=O) groups excluding carboxylic acids is 1. The van der Waals surface area contributed by atoms with Crippen LogP contribution in [0.2, 0.25) is 0 Å². The van der Waals surface area contributed by atoms with E-state index in [4.69, 9.17) is 0 Å². The van der Waals surface area contributed by atoms with Gasteiger partial charge in [0.15, 0.2) is 0 Å². The monoisotopic (exact) mass is 388 g/mol. The molecule has 2 aliphatic rings. The summed E-state index contributed by atoms with van der Waals surface area (Å²) < 4.78 is 15.1. The summed E-state index contributed by atoms with van der Waals surface area (Å²) in [6.45, 7) is 1.07. The van der Waals surface area contributed by atoms with Crippen LogP contribution in [0.15, 0.2) is 24.3 Å². The number of aliphatic hydroxyl groups is 2. The Morgan fingerprint density at radius 3 is 2.75 bits per heavy atom. The van der Waals surface area contributed by atoms with Crippen LogP contribution in [0.3, 0.4) is 0 Å². The maximum atomic E-state index is 13.2. The molecule has 4 rings (SSSR count). The summed E-state index contributed by atoms with van der Waals surface area (Å²) in [4.78, 5) is 14.8. The van der Waals surface area contributed by atoms with Gasteiger partial charge in [-0.05, 0) is 43.4 Å². The summed E-state index contributed by atoms with van der Waals surface area (Å²) in [5.74, 6) is 0.620. The van der Waals surface area contributed by atoms with E-state index in [0.29, 0.717) is 25.2 Å². The highest BCUT2D eigenvalue weighted by Crippen LogP contribution is 2.34. The molecular weight excluding hydrogens is 363 g/mol. The highest BCUT2D eigenvalue weighted by atomic mass is 19.1. The van der Waals surface area contributed by atoms with Crippen molar-refractivity contribution >= 4 is 5.91 Å². The molecule has 2 atom stereocenters. The average molecular weight is 388 g/mol. The van der Waals surface area contributed by atoms with Gasteiger partial charge in [0.2, 0.25) is 5.82 Å². The van der Waals surface area contributed by atoms with E-state index in [1.165, 1.54) is 12.1 Å². The molecule has 0 spiro atoms. The molecule has 3 heterocycles. The second-order valence-electron chi connectivity index (χ2n) is 7.90. The standard InChI is InChI=1S/C20H25FN4O3/c21-15-6-4-14(5-7-15)11-20(13-26)12-24(10-8-16(20)27)19(28)18-23-22-17-3-1-2-9-25(17)18/h4-7,16,26-27H,1-3,8-13H2/t16-,20-/m0/s1. The van der Waals surface area contributed by atoms with Gasteiger partial charge in [-0.2, -0.15) is 0 Å². The number of benzene rings is 1. The van der Waals surface area contributed by atoms with E-state index in [2.05, 4.69) is 10.2 Å². The second-order valence-corrected chi connectivity index (χ2v) is 7.90. The number of fused-ring (bicyclic) bond motifs is 1. The SMILES string of the molecule is O=C(c1nnc2n1CCCC2)N1CC[C@H](O)[C@@](CO)(Cc2ccc(F)cc2)C1. The molecule has 1 amide bonds. The second kappa shape index (κ2) is 7.60. The van der Waals surface area contributed by atoms with Crippen molar-refractivity contribution in [3.05, 3.63) is 47.3 Å². The molecule has 28 heavy (non-hydrogen) atoms. The molecule has 2 aromatic rings. The van der Waals surface area contributed by atoms with Crippen molar-refractivity contribution in [2.75, 3.05) is 19.7 Å². The lowest BCUT2D eigenvalue weighted by Crippen LogP contribution is -2.56. The summed E-state index contributed by atoms with van der Waals surface area (Å²) in [6.07, 6.45) is 2.84. The minimum Gasteiger partial charge on any atom is -0.396 e. The van der Waals surface area contributed by atoms with Crippen molar-refractivity contribution in [1.82, 2.24) is 19.7 Å². The van der Waals surface area contributed by atoms with E-state index in [1.54, 1.807) is 17.0 Å². The fraction of sp³-hybridized carbons (Fsp3) is 0.550. The first-order chi connectivity index (χ1) is 13.5. The van der Waals surface area contributed by atoms with Crippen molar-refractivity contribution in [3.8, 4) is 0 Å². The molecule has 0 aliphatic carbocycles. The third-order valence-corrected chi connectivity index (χ3v) is 6.01. The highest BCUT2D eigenvalue weighted by Gasteiger charge is 2.44. The number of hydrogen-bond acceptors (Lipinski definition) is 5. The van der Waals surface area contributed by atoms with Gasteiger partial charge in [-0.1, -0.05) is 12.1 Å². The van der Waals surface area contributed by atoms with Crippen LogP contribution in [0.4, 0.5) is 4.39 Å². The summed E-state index contributed by atoms with van der Waals surface area (Å²) in [5.41, 5.74) is -0.0834. The van der Waals surface area contributed by atoms with E-state index >= 15 is 0 Å². The number of carbonyl (C=O) groups is 1. The number of likely N-dealkylation sites (tertiary alicyclic amines) is 1. The lowest BCUT2D eigenvalue weighted by atomic mass is 9.73. The van der Waals surface area contributed by atoms with Crippen LogP contribution < -0.4 is 0 Å². The number of aromatic nitrogens is 3. The molecular formula is C20H25FN4O3. The Morgan fingerprint density at radius 2 is 2.00 bits per heavy atom. The number of hydrogen-bond donors (Lipinski definition) is 2. The lowest BCUT2D eigenvalue weighted by molar-refractivity contribution is -0.0671. The van der Waals surface area contributed by atoms with E-state index in [9.17, 15) is 19.4 Å². The largest absolute Gasteiger partial charge is 0.396 e. The minimum absolute atomic E-state index is 0.211. The lowest BCUT2D eigenvalue weighted by Gasteiger charge is -2.45. The Balaban J connectivity index is 1.57. The van der Waals surface area contributed by atoms with Crippen LogP contribution in [-0.4, -0.2) is 61.6 Å². The smallest absolute Gasteiger partial charge is 0.291 e. The van der Waals surface area contributed by atoms with Gasteiger partial charge in [-0.3, -0.25) is 4.79 Å². The molecule has 0 radical (unpaired) electrons. The summed E-state index contributed by atoms with van der Waals surface area (Å²) >= 11 is 0. The topological polar surface area (TPSA) is 91.5 Å². The van der Waals surface area contributed by atoms with Gasteiger partial charge in [0.25, 0.3) is 5.91 Å². The molecule has 2 N–H and O–H groups in total. The number of halogens is 1. The van der Waals surface area contributed by atoms with Crippen molar-refractivity contribution in [1.29, 1.82) is 0 Å². The average Bonchev–Trinajstić information content (AvgIpc) is 3.15. The predicted octanol–water partition coefficient (Wildman–Crippen LogP) is 1.18. The van der Waals surface area contributed by atoms with Crippen LogP contribution in [-0.2, 0) is 19.4 Å². The summed E-state index contributed by atoms with van der Waals surface area (Å²) in [6, 6.07) is 6.02. The Morgan fingerprint density at radius 1 is 1.21 bits per heavy atom. The number of aryl methyl sites for hydroxylation is 1. The van der Waals surface area contributed by atoms with Gasteiger partial charge in [0, 0.05) is 31.5 Å². The number of nitrogens with zero attached hydrogens (tertiary/aromatic N) is 4. The quantitative estimate of drug-likeness (QED) is 0.821. The van der Waals surface area contributed by atoms with Crippen LogP contribution in [0, 0.1) is 11.2 Å². The van der Waals surface area contributed by atoms with Gasteiger partial charge in [-0.25, -0.2) is 4.39 Å². The van der Waals surface area contributed by atoms with Gasteiger partial charge < -0.3 is 19.7 Å². The van der Waals surface area contributed by atoms with Crippen molar-refractivity contribution < 1.29 is 19.4 Å². The third kappa shape index (κ3) is 3.42. The first-order valence-corrected chi connectivity index (χ1v) is 9.77. The van der Waals surface area contributed by atoms with Gasteiger partial charge in [0.05, 0.1) is 12.7 Å². The maximum Gasteiger partial charge on any atom is 0.291 e. The zero-order valence-corrected chi connectivity index (χ0v) is 15.7. The Bertz CT molecular complexity index is 854. The molecule has 1 aromatic heterocycles. The van der Waals surface area contributed by atoms with Crippen molar-refractivity contribution in [3.63, 3.8) is 0 Å². The van der Waals surface area contributed by atoms with Crippen LogP contribution in [0.25, 0.3) is 0 Å². The fourth-order valence-electron chi connectivity index (χ4n) is 4.32. The Kier molecular flexibility index (Phi) is 5.16. The van der Waals surface area contributed by atoms with Gasteiger partial charge >= 0.3 is 0 Å². The van der Waals surface area contributed by atoms with Crippen molar-refractivity contribution in [2.24, 2.45) is 5.41 Å². The Hall–Kier alpha value is -2.32. The van der Waals surface area contributed by atoms with E-state index in [1.807, 2.05) is 4.57 Å². The predicted molar refractivity (Wildman–Crippen MR) is 99.1 cm³/mol. The first-order valence-electron chi connectivity index (χ1n) is 9.77. The minimum atomic E-state index is -0.892. The maximum absolute atomic E-state index is 13.2. The molecule has 2 aliphatic heterocycles. The first kappa shape index (κ1) is 19.0. The van der Waals surface area contributed by atoms with Gasteiger partial charge in [0.1, 0.15) is 11.6 Å². The number of piperidine rings is 1. The molecule has 1 saturated heterocycles. The van der Waals surface area contributed by atoms with E-state index in [-0.39, 0.29) is 24.9 Å². The van der Waals surface area contributed by atoms with Gasteiger partial charge in [-0.15, -0.1) is 10.2 Å². The molecule has 0 saturated carbocycles. The zero-order valence-electron chi connectivity index (χ0n) is 15.7. The molecule has 0 bridgehead atoms. The van der Waals surface area contributed by atoms with Crippen LogP contribution in [0.1, 0.15) is 41.3 Å². The Labute approximate surface area is 162 Å². The summed E-state index contributed by atoms with van der Waals surface area (Å²) in [7, 11) is 0. The molecule has 1 aromatic carbocycles. The van der Waals surface area contributed by atoms with Crippen LogP contribution >= 0.6 is 0 Å². The molecule has 8 heteroatoms. The van der Waals surface area contributed by atoms with E-state index < -0.39 is 11.5 Å². The number of aliphatic hydroxyl groups excluding tert-OH is 2. The summed E-state index contributed by atoms with van der Waals surface area (Å²) in [5, 5.41) is 29.1.